The fourth-order valence-corrected chi connectivity index (χ4v) is 2.82. The second kappa shape index (κ2) is 6.77. The van der Waals surface area contributed by atoms with Gasteiger partial charge >= 0.3 is 0 Å². The number of likely N-dealkylation sites (tertiary alicyclic amines) is 1. The van der Waals surface area contributed by atoms with Crippen molar-refractivity contribution < 1.29 is 4.79 Å². The summed E-state index contributed by atoms with van der Waals surface area (Å²) in [6.45, 7) is 3.69. The highest BCUT2D eigenvalue weighted by Crippen LogP contribution is 2.16. The lowest BCUT2D eigenvalue weighted by molar-refractivity contribution is -0.131. The number of benzene rings is 1. The summed E-state index contributed by atoms with van der Waals surface area (Å²) in [5.74, 6) is -0.0319. The van der Waals surface area contributed by atoms with Gasteiger partial charge in [0, 0.05) is 24.7 Å². The molecule has 0 aliphatic carbocycles. The average molecular weight is 311 g/mol. The minimum atomic E-state index is -0.244. The van der Waals surface area contributed by atoms with Gasteiger partial charge in [0.2, 0.25) is 5.91 Å². The van der Waals surface area contributed by atoms with Gasteiger partial charge in [-0.15, -0.1) is 0 Å². The van der Waals surface area contributed by atoms with Crippen LogP contribution in [0.5, 0.6) is 0 Å². The van der Waals surface area contributed by atoms with Crippen molar-refractivity contribution in [1.82, 2.24) is 14.7 Å². The number of carbonyl (C=O) groups excluding carboxylic acids is 1. The van der Waals surface area contributed by atoms with E-state index in [0.717, 1.165) is 37.9 Å². The van der Waals surface area contributed by atoms with E-state index in [1.165, 1.54) is 16.3 Å². The standard InChI is InChI=1S/C18H21N3O2/c1-2-14-5-7-15(8-6-14)16-9-10-17(22)21(19-16)13-18(23)20-11-3-4-12-20/h5-10H,2-4,11-13H2,1H3. The Balaban J connectivity index is 1.83. The van der Waals surface area contributed by atoms with Gasteiger partial charge in [0.05, 0.1) is 5.69 Å². The third-order valence-electron chi connectivity index (χ3n) is 4.27. The van der Waals surface area contributed by atoms with Gasteiger partial charge in [0.15, 0.2) is 0 Å². The van der Waals surface area contributed by atoms with E-state index in [4.69, 9.17) is 0 Å². The molecule has 1 amide bonds. The number of hydrogen-bond acceptors (Lipinski definition) is 3. The summed E-state index contributed by atoms with van der Waals surface area (Å²) in [5.41, 5.74) is 2.67. The summed E-state index contributed by atoms with van der Waals surface area (Å²) in [7, 11) is 0. The van der Waals surface area contributed by atoms with Gasteiger partial charge in [0.1, 0.15) is 6.54 Å². The number of aromatic nitrogens is 2. The maximum atomic E-state index is 12.2. The molecule has 1 fully saturated rings. The lowest BCUT2D eigenvalue weighted by atomic mass is 10.1. The van der Waals surface area contributed by atoms with E-state index in [9.17, 15) is 9.59 Å². The molecule has 0 spiro atoms. The summed E-state index contributed by atoms with van der Waals surface area (Å²) in [6, 6.07) is 11.3. The van der Waals surface area contributed by atoms with Crippen molar-refractivity contribution >= 4 is 5.91 Å². The third kappa shape index (κ3) is 3.50. The Hall–Kier alpha value is -2.43. The zero-order valence-corrected chi connectivity index (χ0v) is 13.4. The first kappa shape index (κ1) is 15.5. The Morgan fingerprint density at radius 3 is 2.43 bits per heavy atom. The molecule has 0 unspecified atom stereocenters. The molecule has 23 heavy (non-hydrogen) atoms. The molecule has 0 radical (unpaired) electrons. The molecular weight excluding hydrogens is 290 g/mol. The van der Waals surface area contributed by atoms with E-state index in [1.807, 2.05) is 12.1 Å². The van der Waals surface area contributed by atoms with Gasteiger partial charge < -0.3 is 4.90 Å². The van der Waals surface area contributed by atoms with Crippen LogP contribution < -0.4 is 5.56 Å². The number of hydrogen-bond donors (Lipinski definition) is 0. The maximum absolute atomic E-state index is 12.2. The van der Waals surface area contributed by atoms with Crippen LogP contribution in [0.4, 0.5) is 0 Å². The molecule has 0 saturated carbocycles. The summed E-state index contributed by atoms with van der Waals surface area (Å²) < 4.78 is 1.27. The smallest absolute Gasteiger partial charge is 0.267 e. The second-order valence-corrected chi connectivity index (χ2v) is 5.85. The van der Waals surface area contributed by atoms with E-state index < -0.39 is 0 Å². The highest BCUT2D eigenvalue weighted by Gasteiger charge is 2.19. The van der Waals surface area contributed by atoms with Crippen LogP contribution in [-0.2, 0) is 17.8 Å². The monoisotopic (exact) mass is 311 g/mol. The number of nitrogens with zero attached hydrogens (tertiary/aromatic N) is 3. The van der Waals surface area contributed by atoms with Crippen molar-refractivity contribution in [1.29, 1.82) is 0 Å². The molecule has 120 valence electrons. The molecular formula is C18H21N3O2. The van der Waals surface area contributed by atoms with Crippen LogP contribution in [-0.4, -0.2) is 33.7 Å². The highest BCUT2D eigenvalue weighted by atomic mass is 16.2. The predicted octanol–water partition coefficient (Wildman–Crippen LogP) is 2.10. The molecule has 1 aliphatic heterocycles. The molecule has 5 heteroatoms. The molecule has 3 rings (SSSR count). The lowest BCUT2D eigenvalue weighted by Crippen LogP contribution is -2.35. The molecule has 1 saturated heterocycles. The van der Waals surface area contributed by atoms with E-state index in [2.05, 4.69) is 24.2 Å². The topological polar surface area (TPSA) is 55.2 Å². The van der Waals surface area contributed by atoms with Crippen molar-refractivity contribution in [3.8, 4) is 11.3 Å². The van der Waals surface area contributed by atoms with Crippen LogP contribution in [0.2, 0.25) is 0 Å². The van der Waals surface area contributed by atoms with Crippen molar-refractivity contribution in [2.45, 2.75) is 32.7 Å². The second-order valence-electron chi connectivity index (χ2n) is 5.85. The number of carbonyl (C=O) groups is 1. The molecule has 1 aliphatic rings. The molecule has 0 bridgehead atoms. The van der Waals surface area contributed by atoms with Crippen LogP contribution in [0.3, 0.4) is 0 Å². The largest absolute Gasteiger partial charge is 0.341 e. The van der Waals surface area contributed by atoms with Crippen molar-refractivity contribution in [3.63, 3.8) is 0 Å². The van der Waals surface area contributed by atoms with Gasteiger partial charge in [0.25, 0.3) is 5.56 Å². The SMILES string of the molecule is CCc1ccc(-c2ccc(=O)n(CC(=O)N3CCCC3)n2)cc1. The van der Waals surface area contributed by atoms with E-state index in [0.29, 0.717) is 5.69 Å². The molecule has 0 N–H and O–H groups in total. The Morgan fingerprint density at radius 2 is 1.78 bits per heavy atom. The summed E-state index contributed by atoms with van der Waals surface area (Å²) in [4.78, 5) is 26.0. The van der Waals surface area contributed by atoms with Gasteiger partial charge in [-0.1, -0.05) is 31.2 Å². The fourth-order valence-electron chi connectivity index (χ4n) is 2.82. The predicted molar refractivity (Wildman–Crippen MR) is 89.1 cm³/mol. The van der Waals surface area contributed by atoms with Crippen molar-refractivity contribution in [2.75, 3.05) is 13.1 Å². The third-order valence-corrected chi connectivity index (χ3v) is 4.27. The number of rotatable bonds is 4. The van der Waals surface area contributed by atoms with E-state index in [-0.39, 0.29) is 18.0 Å². The van der Waals surface area contributed by atoms with Crippen molar-refractivity contribution in [2.24, 2.45) is 0 Å². The van der Waals surface area contributed by atoms with Crippen LogP contribution >= 0.6 is 0 Å². The molecule has 1 aromatic carbocycles. The number of amides is 1. The van der Waals surface area contributed by atoms with Crippen LogP contribution in [0.1, 0.15) is 25.3 Å². The van der Waals surface area contributed by atoms with E-state index in [1.54, 1.807) is 11.0 Å². The van der Waals surface area contributed by atoms with Crippen LogP contribution in [0.25, 0.3) is 11.3 Å². The highest BCUT2D eigenvalue weighted by molar-refractivity contribution is 5.76. The molecule has 0 atom stereocenters. The quantitative estimate of drug-likeness (QED) is 0.869. The van der Waals surface area contributed by atoms with Gasteiger partial charge in [-0.2, -0.15) is 5.10 Å². The normalized spacial score (nSPS) is 14.2. The summed E-state index contributed by atoms with van der Waals surface area (Å²) in [6.07, 6.45) is 3.06. The Kier molecular flexibility index (Phi) is 4.55. The minimum Gasteiger partial charge on any atom is -0.341 e. The Labute approximate surface area is 135 Å². The maximum Gasteiger partial charge on any atom is 0.267 e. The Morgan fingerprint density at radius 1 is 1.09 bits per heavy atom. The first-order valence-electron chi connectivity index (χ1n) is 8.12. The summed E-state index contributed by atoms with van der Waals surface area (Å²) >= 11 is 0. The lowest BCUT2D eigenvalue weighted by Gasteiger charge is -2.15. The molecule has 2 aromatic rings. The summed E-state index contributed by atoms with van der Waals surface area (Å²) in [5, 5.41) is 4.37. The average Bonchev–Trinajstić information content (AvgIpc) is 3.11. The zero-order valence-electron chi connectivity index (χ0n) is 13.4. The van der Waals surface area contributed by atoms with Crippen LogP contribution in [0, 0.1) is 0 Å². The van der Waals surface area contributed by atoms with Gasteiger partial charge in [-0.05, 0) is 30.9 Å². The van der Waals surface area contributed by atoms with Gasteiger partial charge in [-0.3, -0.25) is 9.59 Å². The molecule has 1 aromatic heterocycles. The first-order valence-corrected chi connectivity index (χ1v) is 8.12. The van der Waals surface area contributed by atoms with E-state index >= 15 is 0 Å². The number of aryl methyl sites for hydroxylation is 1. The molecule has 2 heterocycles. The van der Waals surface area contributed by atoms with Crippen molar-refractivity contribution in [3.05, 3.63) is 52.3 Å². The first-order chi connectivity index (χ1) is 11.2. The zero-order chi connectivity index (χ0) is 16.2. The van der Waals surface area contributed by atoms with Crippen LogP contribution in [0.15, 0.2) is 41.2 Å². The Bertz CT molecular complexity index is 744. The molecule has 5 nitrogen and oxygen atoms in total. The van der Waals surface area contributed by atoms with Gasteiger partial charge in [-0.25, -0.2) is 4.68 Å². The minimum absolute atomic E-state index is 0.0136. The fraction of sp³-hybridized carbons (Fsp3) is 0.389.